The van der Waals surface area contributed by atoms with Crippen LogP contribution in [0, 0.1) is 6.92 Å². The highest BCUT2D eigenvalue weighted by Crippen LogP contribution is 2.34. The molecule has 3 rings (SSSR count). The summed E-state index contributed by atoms with van der Waals surface area (Å²) in [7, 11) is 0. The molecule has 0 aliphatic rings. The van der Waals surface area contributed by atoms with E-state index in [4.69, 9.17) is 9.15 Å². The number of anilines is 1. The van der Waals surface area contributed by atoms with Crippen molar-refractivity contribution in [3.05, 3.63) is 77.5 Å². The van der Waals surface area contributed by atoms with E-state index in [1.807, 2.05) is 18.2 Å². The second-order valence-electron chi connectivity index (χ2n) is 6.18. The van der Waals surface area contributed by atoms with Crippen molar-refractivity contribution in [2.45, 2.75) is 26.1 Å². The smallest absolute Gasteiger partial charge is 0.437 e. The first-order chi connectivity index (χ1) is 13.8. The molecule has 0 saturated heterocycles. The highest BCUT2D eigenvalue weighted by molar-refractivity contribution is 6.03. The van der Waals surface area contributed by atoms with Crippen molar-refractivity contribution in [3.8, 4) is 5.75 Å². The second kappa shape index (κ2) is 8.26. The zero-order chi connectivity index (χ0) is 21.0. The lowest BCUT2D eigenvalue weighted by Crippen LogP contribution is -2.16. The number of rotatable bonds is 7. The Kier molecular flexibility index (Phi) is 5.76. The number of alkyl halides is 3. The summed E-state index contributed by atoms with van der Waals surface area (Å²) in [5, 5.41) is 7.62. The molecule has 2 aromatic heterocycles. The van der Waals surface area contributed by atoms with Crippen molar-refractivity contribution < 1.29 is 27.1 Å². The quantitative estimate of drug-likeness (QED) is 0.549. The zero-order valence-electron chi connectivity index (χ0n) is 15.5. The number of para-hydroxylation sites is 1. The minimum Gasteiger partial charge on any atom is -0.485 e. The van der Waals surface area contributed by atoms with Crippen molar-refractivity contribution in [1.82, 2.24) is 10.2 Å². The van der Waals surface area contributed by atoms with Gasteiger partial charge in [-0.05, 0) is 37.1 Å². The number of ether oxygens (including phenoxy) is 1. The summed E-state index contributed by atoms with van der Waals surface area (Å²) in [6.07, 6.45) is -2.31. The number of aromatic amines is 1. The van der Waals surface area contributed by atoms with E-state index in [-0.39, 0.29) is 18.1 Å². The number of H-pyrrole nitrogens is 1. The van der Waals surface area contributed by atoms with E-state index in [2.05, 4.69) is 22.1 Å². The number of aryl methyl sites for hydroxylation is 1. The van der Waals surface area contributed by atoms with Crippen molar-refractivity contribution in [3.63, 3.8) is 0 Å². The molecule has 9 heteroatoms. The summed E-state index contributed by atoms with van der Waals surface area (Å²) in [5.74, 6) is 0.0390. The third-order valence-electron chi connectivity index (χ3n) is 4.05. The van der Waals surface area contributed by atoms with E-state index in [0.717, 1.165) is 5.56 Å². The molecule has 3 aromatic rings. The number of carbonyl (C=O) groups is 1. The van der Waals surface area contributed by atoms with E-state index in [1.54, 1.807) is 12.1 Å². The van der Waals surface area contributed by atoms with Crippen LogP contribution < -0.4 is 10.1 Å². The number of amides is 1. The standard InChI is InChI=1S/C20H18F3N3O3/c1-3-6-13-7-4-5-8-15(13)28-11-14-9-10-16(29-14)19(27)24-17-12(2)25-26-18(17)20(21,22)23/h3-5,7-10H,1,6,11H2,2H3,(H,24,27)(H,25,26). The molecule has 0 aliphatic carbocycles. The number of nitrogens with one attached hydrogen (secondary N) is 2. The number of allylic oxidation sites excluding steroid dienone is 1. The fourth-order valence-electron chi connectivity index (χ4n) is 2.66. The van der Waals surface area contributed by atoms with Crippen molar-refractivity contribution in [1.29, 1.82) is 0 Å². The highest BCUT2D eigenvalue weighted by Gasteiger charge is 2.38. The first-order valence-corrected chi connectivity index (χ1v) is 8.63. The molecule has 0 spiro atoms. The Hall–Kier alpha value is -3.49. The number of nitrogens with zero attached hydrogens (tertiary/aromatic N) is 1. The largest absolute Gasteiger partial charge is 0.485 e. The van der Waals surface area contributed by atoms with Crippen LogP contribution in [0.15, 0.2) is 53.5 Å². The van der Waals surface area contributed by atoms with Gasteiger partial charge in [0.05, 0.1) is 11.4 Å². The van der Waals surface area contributed by atoms with Crippen LogP contribution in [-0.4, -0.2) is 16.1 Å². The van der Waals surface area contributed by atoms with Crippen LogP contribution in [0.2, 0.25) is 0 Å². The maximum Gasteiger partial charge on any atom is 0.437 e. The summed E-state index contributed by atoms with van der Waals surface area (Å²) in [5.41, 5.74) is -0.603. The normalized spacial score (nSPS) is 11.3. The fraction of sp³-hybridized carbons (Fsp3) is 0.200. The average molecular weight is 405 g/mol. The fourth-order valence-corrected chi connectivity index (χ4v) is 2.66. The molecule has 0 atom stereocenters. The van der Waals surface area contributed by atoms with Crippen molar-refractivity contribution in [2.24, 2.45) is 0 Å². The van der Waals surface area contributed by atoms with Gasteiger partial charge in [-0.2, -0.15) is 18.3 Å². The Bertz CT molecular complexity index is 1020. The zero-order valence-corrected chi connectivity index (χ0v) is 15.5. The first kappa shape index (κ1) is 20.2. The lowest BCUT2D eigenvalue weighted by molar-refractivity contribution is -0.140. The molecule has 0 unspecified atom stereocenters. The number of aromatic nitrogens is 2. The van der Waals surface area contributed by atoms with Crippen LogP contribution in [0.25, 0.3) is 0 Å². The maximum atomic E-state index is 13.0. The van der Waals surface area contributed by atoms with Crippen molar-refractivity contribution >= 4 is 11.6 Å². The number of hydrogen-bond donors (Lipinski definition) is 2. The van der Waals surface area contributed by atoms with E-state index in [9.17, 15) is 18.0 Å². The summed E-state index contributed by atoms with van der Waals surface area (Å²) in [6.45, 7) is 5.13. The van der Waals surface area contributed by atoms with E-state index < -0.39 is 23.5 Å². The second-order valence-corrected chi connectivity index (χ2v) is 6.18. The van der Waals surface area contributed by atoms with Gasteiger partial charge in [-0.25, -0.2) is 0 Å². The van der Waals surface area contributed by atoms with Gasteiger partial charge in [-0.1, -0.05) is 24.3 Å². The van der Waals surface area contributed by atoms with Gasteiger partial charge in [0.1, 0.15) is 18.1 Å². The summed E-state index contributed by atoms with van der Waals surface area (Å²) in [6, 6.07) is 10.3. The Morgan fingerprint density at radius 3 is 2.79 bits per heavy atom. The minimum atomic E-state index is -4.70. The molecule has 0 fully saturated rings. The van der Waals surface area contributed by atoms with Crippen LogP contribution in [0.5, 0.6) is 5.75 Å². The van der Waals surface area contributed by atoms with Crippen LogP contribution in [0.4, 0.5) is 18.9 Å². The Labute approximate surface area is 164 Å². The molecule has 0 aliphatic heterocycles. The van der Waals surface area contributed by atoms with Gasteiger partial charge in [0.2, 0.25) is 0 Å². The predicted octanol–water partition coefficient (Wildman–Crippen LogP) is 4.89. The number of furan rings is 1. The summed E-state index contributed by atoms with van der Waals surface area (Å²) in [4.78, 5) is 12.3. The van der Waals surface area contributed by atoms with Gasteiger partial charge in [0.15, 0.2) is 11.5 Å². The van der Waals surface area contributed by atoms with Crippen molar-refractivity contribution in [2.75, 3.05) is 5.32 Å². The Balaban J connectivity index is 1.69. The van der Waals surface area contributed by atoms with Crippen LogP contribution in [0.3, 0.4) is 0 Å². The van der Waals surface area contributed by atoms with Crippen LogP contribution in [-0.2, 0) is 19.2 Å². The number of hydrogen-bond acceptors (Lipinski definition) is 4. The van der Waals surface area contributed by atoms with Gasteiger partial charge in [0, 0.05) is 0 Å². The molecule has 1 amide bonds. The summed E-state index contributed by atoms with van der Waals surface area (Å²) < 4.78 is 50.1. The highest BCUT2D eigenvalue weighted by atomic mass is 19.4. The van der Waals surface area contributed by atoms with Gasteiger partial charge in [-0.15, -0.1) is 6.58 Å². The molecule has 29 heavy (non-hydrogen) atoms. The van der Waals surface area contributed by atoms with Gasteiger partial charge < -0.3 is 14.5 Å². The van der Waals surface area contributed by atoms with Gasteiger partial charge >= 0.3 is 6.18 Å². The van der Waals surface area contributed by atoms with E-state index >= 15 is 0 Å². The Morgan fingerprint density at radius 2 is 2.07 bits per heavy atom. The number of benzene rings is 1. The third-order valence-corrected chi connectivity index (χ3v) is 4.05. The van der Waals surface area contributed by atoms with Crippen LogP contribution in [0.1, 0.15) is 33.3 Å². The number of carbonyl (C=O) groups excluding carboxylic acids is 1. The molecule has 152 valence electrons. The molecule has 0 radical (unpaired) electrons. The van der Waals surface area contributed by atoms with E-state index in [0.29, 0.717) is 17.9 Å². The molecule has 2 heterocycles. The first-order valence-electron chi connectivity index (χ1n) is 8.63. The molecule has 2 N–H and O–H groups in total. The molecule has 0 bridgehead atoms. The third kappa shape index (κ3) is 4.68. The van der Waals surface area contributed by atoms with Crippen LogP contribution >= 0.6 is 0 Å². The minimum absolute atomic E-state index is 0.0555. The van der Waals surface area contributed by atoms with E-state index in [1.165, 1.54) is 19.1 Å². The lowest BCUT2D eigenvalue weighted by atomic mass is 10.1. The summed E-state index contributed by atoms with van der Waals surface area (Å²) >= 11 is 0. The van der Waals surface area contributed by atoms with Gasteiger partial charge in [-0.3, -0.25) is 9.89 Å². The molecular weight excluding hydrogens is 387 g/mol. The predicted molar refractivity (Wildman–Crippen MR) is 99.7 cm³/mol. The topological polar surface area (TPSA) is 80.1 Å². The monoisotopic (exact) mass is 405 g/mol. The number of halogens is 3. The molecular formula is C20H18F3N3O3. The molecule has 6 nitrogen and oxygen atoms in total. The lowest BCUT2D eigenvalue weighted by Gasteiger charge is -2.09. The maximum absolute atomic E-state index is 13.0. The average Bonchev–Trinajstić information content (AvgIpc) is 3.28. The Morgan fingerprint density at radius 1 is 1.31 bits per heavy atom. The van der Waals surface area contributed by atoms with Gasteiger partial charge in [0.25, 0.3) is 5.91 Å². The molecule has 1 aromatic carbocycles. The molecule has 0 saturated carbocycles. The SMILES string of the molecule is C=CCc1ccccc1OCc1ccc(C(=O)Nc2c(C(F)(F)F)n[nH]c2C)o1.